The Morgan fingerprint density at radius 1 is 1.16 bits per heavy atom. The number of ether oxygens (including phenoxy) is 1. The zero-order valence-corrected chi connectivity index (χ0v) is 14.0. The van der Waals surface area contributed by atoms with E-state index in [1.807, 2.05) is 46.8 Å². The molecule has 1 aliphatic rings. The van der Waals surface area contributed by atoms with Crippen molar-refractivity contribution in [3.05, 3.63) is 71.7 Å². The first-order valence-electron chi connectivity index (χ1n) is 8.34. The smallest absolute Gasteiger partial charge is 0.270 e. The van der Waals surface area contributed by atoms with Gasteiger partial charge in [-0.1, -0.05) is 30.3 Å². The van der Waals surface area contributed by atoms with Crippen LogP contribution in [0, 0.1) is 5.82 Å². The average Bonchev–Trinajstić information content (AvgIpc) is 2.98. The highest BCUT2D eigenvalue weighted by molar-refractivity contribution is 5.98. The molecule has 1 fully saturated rings. The van der Waals surface area contributed by atoms with Crippen LogP contribution in [0.1, 0.15) is 22.2 Å². The molecule has 2 aromatic carbocycles. The molecule has 1 saturated heterocycles. The molecule has 4 nitrogen and oxygen atoms in total. The van der Waals surface area contributed by atoms with Crippen molar-refractivity contribution in [2.75, 3.05) is 19.7 Å². The van der Waals surface area contributed by atoms with Crippen molar-refractivity contribution in [3.8, 4) is 0 Å². The Morgan fingerprint density at radius 2 is 1.96 bits per heavy atom. The molecule has 1 atom stereocenters. The van der Waals surface area contributed by atoms with Gasteiger partial charge < -0.3 is 14.2 Å². The van der Waals surface area contributed by atoms with Gasteiger partial charge in [0.15, 0.2) is 0 Å². The molecule has 1 aromatic heterocycles. The monoisotopic (exact) mass is 338 g/mol. The molecule has 0 unspecified atom stereocenters. The minimum atomic E-state index is -0.299. The van der Waals surface area contributed by atoms with Gasteiger partial charge in [0.25, 0.3) is 5.91 Å². The summed E-state index contributed by atoms with van der Waals surface area (Å²) in [5.74, 6) is -0.351. The van der Waals surface area contributed by atoms with E-state index >= 15 is 0 Å². The van der Waals surface area contributed by atoms with Gasteiger partial charge in [0, 0.05) is 24.5 Å². The van der Waals surface area contributed by atoms with Crippen molar-refractivity contribution < 1.29 is 13.9 Å². The number of amides is 1. The number of hydrogen-bond donors (Lipinski definition) is 0. The van der Waals surface area contributed by atoms with Crippen LogP contribution in [0.25, 0.3) is 10.9 Å². The molecule has 3 aromatic rings. The molecule has 1 amide bonds. The lowest BCUT2D eigenvalue weighted by molar-refractivity contribution is -0.0231. The van der Waals surface area contributed by atoms with Gasteiger partial charge in [-0.25, -0.2) is 4.39 Å². The predicted octanol–water partition coefficient (Wildman–Crippen LogP) is 3.53. The molecule has 0 N–H and O–H groups in total. The quantitative estimate of drug-likeness (QED) is 0.716. The van der Waals surface area contributed by atoms with E-state index in [1.54, 1.807) is 12.1 Å². The first kappa shape index (κ1) is 15.8. The highest BCUT2D eigenvalue weighted by Gasteiger charge is 2.27. The van der Waals surface area contributed by atoms with E-state index < -0.39 is 0 Å². The van der Waals surface area contributed by atoms with Crippen LogP contribution < -0.4 is 0 Å². The van der Waals surface area contributed by atoms with Crippen LogP contribution in [0.3, 0.4) is 0 Å². The van der Waals surface area contributed by atoms with E-state index in [0.29, 0.717) is 25.4 Å². The van der Waals surface area contributed by atoms with Gasteiger partial charge in [0.1, 0.15) is 17.6 Å². The minimum absolute atomic E-state index is 0.0525. The molecule has 4 rings (SSSR count). The van der Waals surface area contributed by atoms with Gasteiger partial charge in [-0.15, -0.1) is 0 Å². The Bertz CT molecular complexity index is 920. The second-order valence-corrected chi connectivity index (χ2v) is 6.31. The third kappa shape index (κ3) is 2.91. The van der Waals surface area contributed by atoms with Gasteiger partial charge in [-0.3, -0.25) is 4.79 Å². The predicted molar refractivity (Wildman–Crippen MR) is 93.9 cm³/mol. The van der Waals surface area contributed by atoms with E-state index in [9.17, 15) is 9.18 Å². The molecule has 0 spiro atoms. The topological polar surface area (TPSA) is 34.5 Å². The van der Waals surface area contributed by atoms with Crippen LogP contribution in [0.4, 0.5) is 4.39 Å². The largest absolute Gasteiger partial charge is 0.370 e. The van der Waals surface area contributed by atoms with Gasteiger partial charge in [-0.05, 0) is 29.8 Å². The summed E-state index contributed by atoms with van der Waals surface area (Å²) in [6.07, 6.45) is -0.119. The number of carbonyl (C=O) groups excluding carboxylic acids is 1. The molecule has 0 saturated carbocycles. The molecule has 0 bridgehead atoms. The van der Waals surface area contributed by atoms with Crippen LogP contribution in [0.5, 0.6) is 0 Å². The number of aryl methyl sites for hydroxylation is 1. The summed E-state index contributed by atoms with van der Waals surface area (Å²) in [6, 6.07) is 16.3. The van der Waals surface area contributed by atoms with Crippen molar-refractivity contribution in [1.82, 2.24) is 9.47 Å². The third-order valence-corrected chi connectivity index (χ3v) is 4.75. The first-order valence-corrected chi connectivity index (χ1v) is 8.34. The highest BCUT2D eigenvalue weighted by Crippen LogP contribution is 2.25. The Hall–Kier alpha value is -2.66. The summed E-state index contributed by atoms with van der Waals surface area (Å²) in [7, 11) is 1.84. The van der Waals surface area contributed by atoms with E-state index in [0.717, 1.165) is 16.5 Å². The summed E-state index contributed by atoms with van der Waals surface area (Å²) in [5, 5.41) is 0.735. The maximum Gasteiger partial charge on any atom is 0.270 e. The van der Waals surface area contributed by atoms with Gasteiger partial charge in [0.2, 0.25) is 0 Å². The molecule has 2 heterocycles. The first-order chi connectivity index (χ1) is 12.1. The number of morpholine rings is 1. The van der Waals surface area contributed by atoms with E-state index in [1.165, 1.54) is 12.1 Å². The highest BCUT2D eigenvalue weighted by atomic mass is 19.1. The van der Waals surface area contributed by atoms with Crippen molar-refractivity contribution in [2.45, 2.75) is 6.10 Å². The molecular formula is C20H19FN2O2. The average molecular weight is 338 g/mol. The minimum Gasteiger partial charge on any atom is -0.370 e. The van der Waals surface area contributed by atoms with Crippen molar-refractivity contribution in [1.29, 1.82) is 0 Å². The fraction of sp³-hybridized carbons (Fsp3) is 0.250. The van der Waals surface area contributed by atoms with Crippen molar-refractivity contribution in [2.24, 2.45) is 7.05 Å². The fourth-order valence-electron chi connectivity index (χ4n) is 3.39. The number of fused-ring (bicyclic) bond motifs is 1. The number of hydrogen-bond acceptors (Lipinski definition) is 2. The van der Waals surface area contributed by atoms with E-state index in [-0.39, 0.29) is 17.8 Å². The lowest BCUT2D eigenvalue weighted by Crippen LogP contribution is -2.42. The zero-order valence-electron chi connectivity index (χ0n) is 14.0. The summed E-state index contributed by atoms with van der Waals surface area (Å²) in [4.78, 5) is 14.8. The number of nitrogens with zero attached hydrogens (tertiary/aromatic N) is 2. The fourth-order valence-corrected chi connectivity index (χ4v) is 3.39. The van der Waals surface area contributed by atoms with Crippen LogP contribution in [0.15, 0.2) is 54.6 Å². The molecule has 128 valence electrons. The second-order valence-electron chi connectivity index (χ2n) is 6.31. The van der Waals surface area contributed by atoms with Crippen molar-refractivity contribution in [3.63, 3.8) is 0 Å². The van der Waals surface area contributed by atoms with Crippen LogP contribution in [0.2, 0.25) is 0 Å². The lowest BCUT2D eigenvalue weighted by Gasteiger charge is -2.33. The number of halogens is 1. The van der Waals surface area contributed by atoms with Gasteiger partial charge in [0.05, 0.1) is 13.2 Å². The molecule has 0 radical (unpaired) electrons. The normalized spacial score (nSPS) is 17.8. The molecule has 5 heteroatoms. The Morgan fingerprint density at radius 3 is 2.76 bits per heavy atom. The second kappa shape index (κ2) is 6.33. The lowest BCUT2D eigenvalue weighted by atomic mass is 10.1. The maximum absolute atomic E-state index is 13.5. The molecule has 1 aliphatic heterocycles. The molecular weight excluding hydrogens is 319 g/mol. The number of aromatic nitrogens is 1. The number of benzene rings is 2. The van der Waals surface area contributed by atoms with Crippen LogP contribution in [-0.4, -0.2) is 35.1 Å². The third-order valence-electron chi connectivity index (χ3n) is 4.75. The van der Waals surface area contributed by atoms with Gasteiger partial charge in [-0.2, -0.15) is 0 Å². The van der Waals surface area contributed by atoms with Gasteiger partial charge >= 0.3 is 0 Å². The zero-order chi connectivity index (χ0) is 17.4. The Balaban J connectivity index is 1.61. The summed E-state index contributed by atoms with van der Waals surface area (Å²) < 4.78 is 21.1. The van der Waals surface area contributed by atoms with E-state index in [2.05, 4.69) is 0 Å². The van der Waals surface area contributed by atoms with Crippen molar-refractivity contribution >= 4 is 16.8 Å². The molecule has 0 aliphatic carbocycles. The summed E-state index contributed by atoms with van der Waals surface area (Å²) in [6.45, 7) is 1.57. The van der Waals surface area contributed by atoms with E-state index in [4.69, 9.17) is 4.74 Å². The Kier molecular flexibility index (Phi) is 4.01. The Labute approximate surface area is 145 Å². The SMILES string of the molecule is Cn1c(C(=O)N2CCO[C@H](c3ccccc3)C2)cc2cc(F)ccc21. The number of carbonyl (C=O) groups is 1. The number of rotatable bonds is 2. The summed E-state index contributed by atoms with van der Waals surface area (Å²) in [5.41, 5.74) is 2.48. The standard InChI is InChI=1S/C20H19FN2O2/c1-22-17-8-7-16(21)11-15(17)12-18(22)20(24)23-9-10-25-19(13-23)14-5-3-2-4-6-14/h2-8,11-12,19H,9-10,13H2,1H3/t19-/m0/s1. The summed E-state index contributed by atoms with van der Waals surface area (Å²) >= 11 is 0. The molecule has 25 heavy (non-hydrogen) atoms. The maximum atomic E-state index is 13.5. The van der Waals surface area contributed by atoms with Crippen LogP contribution >= 0.6 is 0 Å². The van der Waals surface area contributed by atoms with Crippen LogP contribution in [-0.2, 0) is 11.8 Å².